The lowest BCUT2D eigenvalue weighted by Crippen LogP contribution is -2.40. The molecule has 13 heteroatoms. The molecule has 2 rings (SSSR count). The minimum atomic E-state index is -5.63. The van der Waals surface area contributed by atoms with Crippen LogP contribution >= 0.6 is 0 Å². The van der Waals surface area contributed by atoms with Crippen molar-refractivity contribution in [3.8, 4) is 11.1 Å². The van der Waals surface area contributed by atoms with Gasteiger partial charge in [0, 0.05) is 6.54 Å². The number of nitrogens with zero attached hydrogens (tertiary/aromatic N) is 1. The summed E-state index contributed by atoms with van der Waals surface area (Å²) in [7, 11) is 0. The van der Waals surface area contributed by atoms with Crippen LogP contribution < -0.4 is 4.90 Å². The van der Waals surface area contributed by atoms with Gasteiger partial charge in [0.2, 0.25) is 5.82 Å². The van der Waals surface area contributed by atoms with Gasteiger partial charge in [-0.15, -0.1) is 0 Å². The molecule has 0 bridgehead atoms. The quantitative estimate of drug-likeness (QED) is 0.232. The van der Waals surface area contributed by atoms with Crippen molar-refractivity contribution in [3.05, 3.63) is 52.4 Å². The van der Waals surface area contributed by atoms with Crippen molar-refractivity contribution < 1.29 is 52.7 Å². The molecule has 29 heavy (non-hydrogen) atoms. The molecule has 0 atom stereocenters. The Kier molecular flexibility index (Phi) is 6.00. The normalized spacial score (nSPS) is 11.9. The van der Waals surface area contributed by atoms with Crippen molar-refractivity contribution in [2.75, 3.05) is 11.4 Å². The van der Waals surface area contributed by atoms with Gasteiger partial charge in [-0.3, -0.25) is 4.90 Å². The van der Waals surface area contributed by atoms with Gasteiger partial charge in [0.05, 0.1) is 16.8 Å². The highest BCUT2D eigenvalue weighted by atomic mass is 19.4. The largest absolute Gasteiger partial charge is 0.485 e. The number of benzene rings is 2. The summed E-state index contributed by atoms with van der Waals surface area (Å²) in [4.78, 5) is -1.04. The molecule has 0 aliphatic heterocycles. The summed E-state index contributed by atoms with van der Waals surface area (Å²) in [6.07, 6.45) is -6.11. The molecule has 0 saturated carbocycles. The van der Waals surface area contributed by atoms with E-state index in [4.69, 9.17) is 0 Å². The maximum Gasteiger partial charge on any atom is 0.485 e. The van der Waals surface area contributed by atoms with Gasteiger partial charge < -0.3 is 0 Å². The van der Waals surface area contributed by atoms with E-state index in [9.17, 15) is 52.7 Å². The number of hydrogen-bond acceptors (Lipinski definition) is 1. The average molecular weight is 441 g/mol. The summed E-state index contributed by atoms with van der Waals surface area (Å²) >= 11 is 0. The van der Waals surface area contributed by atoms with E-state index in [1.807, 2.05) is 0 Å². The first kappa shape index (κ1) is 22.7. The molecule has 0 saturated heterocycles. The summed E-state index contributed by atoms with van der Waals surface area (Å²) in [5.41, 5.74) is -6.99. The first-order valence-electron chi connectivity index (χ1n) is 7.49. The van der Waals surface area contributed by atoms with E-state index in [0.29, 0.717) is 0 Å². The first-order chi connectivity index (χ1) is 13.3. The number of rotatable bonds is 4. The van der Waals surface area contributed by atoms with Crippen LogP contribution in [0.25, 0.3) is 11.1 Å². The molecule has 0 aliphatic carbocycles. The van der Waals surface area contributed by atoms with Gasteiger partial charge in [0.15, 0.2) is 46.5 Å². The van der Waals surface area contributed by atoms with Crippen molar-refractivity contribution in [2.24, 2.45) is 0 Å². The predicted octanol–water partition coefficient (Wildman–Crippen LogP) is 6.34. The summed E-state index contributed by atoms with van der Waals surface area (Å²) in [6.45, 7) is -0.168. The molecule has 0 N–H and O–H groups in total. The minimum Gasteiger partial charge on any atom is -0.280 e. The smallest absolute Gasteiger partial charge is 0.280 e. The Morgan fingerprint density at radius 2 is 0.897 bits per heavy atom. The zero-order chi connectivity index (χ0) is 22.4. The fraction of sp³-hybridized carbons (Fsp3) is 0.250. The Balaban J connectivity index is 3.13. The molecular weight excluding hydrogens is 434 g/mol. The topological polar surface area (TPSA) is 3.24 Å². The van der Waals surface area contributed by atoms with Gasteiger partial charge >= 0.3 is 6.30 Å². The molecule has 0 amide bonds. The fourth-order valence-electron chi connectivity index (χ4n) is 2.52. The molecule has 2 aromatic rings. The predicted molar refractivity (Wildman–Crippen MR) is 75.2 cm³/mol. The van der Waals surface area contributed by atoms with E-state index >= 15 is 0 Å². The van der Waals surface area contributed by atoms with Crippen LogP contribution in [-0.2, 0) is 0 Å². The lowest BCUT2D eigenvalue weighted by Gasteiger charge is -2.29. The second-order valence-corrected chi connectivity index (χ2v) is 5.54. The van der Waals surface area contributed by atoms with Crippen LogP contribution in [0.15, 0.2) is 0 Å². The fourth-order valence-corrected chi connectivity index (χ4v) is 2.52. The Morgan fingerprint density at radius 1 is 0.552 bits per heavy atom. The Morgan fingerprint density at radius 3 is 1.28 bits per heavy atom. The summed E-state index contributed by atoms with van der Waals surface area (Å²) < 4.78 is 164. The van der Waals surface area contributed by atoms with Gasteiger partial charge in [-0.1, -0.05) is 6.92 Å². The van der Waals surface area contributed by atoms with E-state index in [1.165, 1.54) is 0 Å². The van der Waals surface area contributed by atoms with Gasteiger partial charge in [-0.2, -0.15) is 13.2 Å². The molecule has 0 spiro atoms. The van der Waals surface area contributed by atoms with Crippen molar-refractivity contribution in [1.29, 1.82) is 0 Å². The molecule has 0 unspecified atom stereocenters. The SMILES string of the molecule is CCCN(c1c(F)c(F)c(F)c(F)c1-c1c(F)c(F)c(F)c(F)c1F)C(F)(F)F. The second-order valence-electron chi connectivity index (χ2n) is 5.54. The third kappa shape index (κ3) is 3.57. The van der Waals surface area contributed by atoms with Crippen molar-refractivity contribution in [2.45, 2.75) is 19.6 Å². The Labute approximate surface area is 154 Å². The third-order valence-electron chi connectivity index (χ3n) is 3.73. The zero-order valence-corrected chi connectivity index (χ0v) is 13.9. The van der Waals surface area contributed by atoms with Crippen LogP contribution in [0.3, 0.4) is 0 Å². The van der Waals surface area contributed by atoms with Gasteiger partial charge in [0.1, 0.15) is 0 Å². The minimum absolute atomic E-state index is 0.476. The molecule has 0 heterocycles. The number of anilines is 1. The number of alkyl halides is 3. The average Bonchev–Trinajstić information content (AvgIpc) is 2.65. The maximum atomic E-state index is 14.3. The van der Waals surface area contributed by atoms with E-state index in [-0.39, 0.29) is 0 Å². The molecule has 0 radical (unpaired) electrons. The standard InChI is InChI=1S/C16H7F12N/c1-2-3-29(16(26,27)28)15-5(8(19)11(22)13(24)14(15)25)4-6(17)9(20)12(23)10(21)7(4)18/h2-3H2,1H3. The molecule has 2 aromatic carbocycles. The maximum absolute atomic E-state index is 14.3. The van der Waals surface area contributed by atoms with Crippen LogP contribution in [0, 0.1) is 52.4 Å². The molecule has 0 aliphatic rings. The Hall–Kier alpha value is -2.60. The molecule has 0 aromatic heterocycles. The monoisotopic (exact) mass is 441 g/mol. The molecule has 0 fully saturated rings. The van der Waals surface area contributed by atoms with E-state index in [1.54, 1.807) is 0 Å². The van der Waals surface area contributed by atoms with Gasteiger partial charge in [-0.05, 0) is 6.42 Å². The summed E-state index contributed by atoms with van der Waals surface area (Å²) in [6, 6.07) is 0. The first-order valence-corrected chi connectivity index (χ1v) is 7.49. The number of halogens is 12. The van der Waals surface area contributed by atoms with Gasteiger partial charge in [0.25, 0.3) is 0 Å². The van der Waals surface area contributed by atoms with Crippen LogP contribution in [0.5, 0.6) is 0 Å². The highest BCUT2D eigenvalue weighted by Gasteiger charge is 2.44. The molecular formula is C16H7F12N. The lowest BCUT2D eigenvalue weighted by molar-refractivity contribution is -0.129. The van der Waals surface area contributed by atoms with Crippen LogP contribution in [-0.4, -0.2) is 12.8 Å². The summed E-state index contributed by atoms with van der Waals surface area (Å²) in [5, 5.41) is 0. The summed E-state index contributed by atoms with van der Waals surface area (Å²) in [5.74, 6) is -25.1. The number of hydrogen-bond donors (Lipinski definition) is 0. The van der Waals surface area contributed by atoms with Crippen molar-refractivity contribution >= 4 is 5.69 Å². The van der Waals surface area contributed by atoms with E-state index in [2.05, 4.69) is 0 Å². The second kappa shape index (κ2) is 7.67. The Bertz CT molecular complexity index is 937. The van der Waals surface area contributed by atoms with Gasteiger partial charge in [-0.25, -0.2) is 39.5 Å². The van der Waals surface area contributed by atoms with Crippen LogP contribution in [0.2, 0.25) is 0 Å². The highest BCUT2D eigenvalue weighted by molar-refractivity contribution is 5.81. The van der Waals surface area contributed by atoms with Crippen LogP contribution in [0.4, 0.5) is 58.4 Å². The van der Waals surface area contributed by atoms with Crippen LogP contribution in [0.1, 0.15) is 13.3 Å². The third-order valence-corrected chi connectivity index (χ3v) is 3.73. The molecule has 160 valence electrons. The zero-order valence-electron chi connectivity index (χ0n) is 13.9. The lowest BCUT2D eigenvalue weighted by atomic mass is 9.98. The highest BCUT2D eigenvalue weighted by Crippen LogP contribution is 2.45. The molecule has 1 nitrogen and oxygen atoms in total. The van der Waals surface area contributed by atoms with Crippen molar-refractivity contribution in [1.82, 2.24) is 0 Å². The van der Waals surface area contributed by atoms with Crippen molar-refractivity contribution in [3.63, 3.8) is 0 Å². The van der Waals surface area contributed by atoms with E-state index in [0.717, 1.165) is 6.92 Å². The van der Waals surface area contributed by atoms with E-state index < -0.39 is 93.3 Å².